The Bertz CT molecular complexity index is 281. The zero-order valence-electron chi connectivity index (χ0n) is 8.96. The third-order valence-electron chi connectivity index (χ3n) is 2.48. The van der Waals surface area contributed by atoms with Crippen LogP contribution in [-0.2, 0) is 4.79 Å². The van der Waals surface area contributed by atoms with Gasteiger partial charge in [0.25, 0.3) is 0 Å². The summed E-state index contributed by atoms with van der Waals surface area (Å²) in [6.45, 7) is 1.87. The maximum absolute atomic E-state index is 11.5. The van der Waals surface area contributed by atoms with Gasteiger partial charge < -0.3 is 25.5 Å². The van der Waals surface area contributed by atoms with E-state index in [2.05, 4.69) is 5.32 Å². The first-order valence-electron chi connectivity index (χ1n) is 5.06. The molecule has 16 heavy (non-hydrogen) atoms. The number of aliphatic carboxylic acids is 1. The second kappa shape index (κ2) is 5.13. The Morgan fingerprint density at radius 1 is 1.50 bits per heavy atom. The number of rotatable bonds is 3. The fourth-order valence-corrected chi connectivity index (χ4v) is 1.54. The Hall–Kier alpha value is -1.34. The van der Waals surface area contributed by atoms with Crippen LogP contribution in [0.15, 0.2) is 0 Å². The van der Waals surface area contributed by atoms with Crippen LogP contribution in [0.1, 0.15) is 13.3 Å². The van der Waals surface area contributed by atoms with Gasteiger partial charge in [-0.1, -0.05) is 0 Å². The Balaban J connectivity index is 2.52. The molecule has 3 atom stereocenters. The number of aliphatic hydroxyl groups is 2. The molecule has 1 aliphatic rings. The second-order valence-electron chi connectivity index (χ2n) is 3.89. The van der Waals surface area contributed by atoms with Crippen molar-refractivity contribution in [2.75, 3.05) is 13.1 Å². The van der Waals surface area contributed by atoms with Crippen LogP contribution in [0.2, 0.25) is 0 Å². The van der Waals surface area contributed by atoms with E-state index < -0.39 is 30.3 Å². The average Bonchev–Trinajstić information content (AvgIpc) is 2.59. The van der Waals surface area contributed by atoms with E-state index in [1.54, 1.807) is 0 Å². The Morgan fingerprint density at radius 3 is 2.50 bits per heavy atom. The van der Waals surface area contributed by atoms with Crippen LogP contribution in [0.4, 0.5) is 4.79 Å². The normalized spacial score (nSPS) is 23.9. The van der Waals surface area contributed by atoms with E-state index >= 15 is 0 Å². The van der Waals surface area contributed by atoms with E-state index in [9.17, 15) is 14.7 Å². The van der Waals surface area contributed by atoms with Gasteiger partial charge in [0.2, 0.25) is 0 Å². The van der Waals surface area contributed by atoms with E-state index in [1.807, 2.05) is 0 Å². The van der Waals surface area contributed by atoms with Gasteiger partial charge in [-0.3, -0.25) is 0 Å². The lowest BCUT2D eigenvalue weighted by atomic mass is 10.2. The standard InChI is InChI=1S/C9H16N2O5/c1-5(12)7(8(14)15)10-9(16)11-3-2-6(13)4-11/h5-7,12-13H,2-4H2,1H3,(H,10,16)(H,14,15)/t5-,6?,7+/m1/s1. The van der Waals surface area contributed by atoms with Crippen LogP contribution in [0, 0.1) is 0 Å². The first-order valence-corrected chi connectivity index (χ1v) is 5.06. The fourth-order valence-electron chi connectivity index (χ4n) is 1.54. The van der Waals surface area contributed by atoms with Crippen molar-refractivity contribution in [2.45, 2.75) is 31.6 Å². The van der Waals surface area contributed by atoms with Crippen molar-refractivity contribution >= 4 is 12.0 Å². The molecule has 1 fully saturated rings. The van der Waals surface area contributed by atoms with Crippen LogP contribution in [0.25, 0.3) is 0 Å². The molecule has 7 nitrogen and oxygen atoms in total. The fraction of sp³-hybridized carbons (Fsp3) is 0.778. The first-order chi connectivity index (χ1) is 7.41. The molecule has 1 aliphatic heterocycles. The number of hydrogen-bond donors (Lipinski definition) is 4. The van der Waals surface area contributed by atoms with Gasteiger partial charge in [-0.2, -0.15) is 0 Å². The van der Waals surface area contributed by atoms with Gasteiger partial charge in [-0.15, -0.1) is 0 Å². The predicted molar refractivity (Wildman–Crippen MR) is 53.8 cm³/mol. The van der Waals surface area contributed by atoms with Crippen LogP contribution in [0.5, 0.6) is 0 Å². The molecule has 0 spiro atoms. The first kappa shape index (κ1) is 12.7. The summed E-state index contributed by atoms with van der Waals surface area (Å²) < 4.78 is 0. The molecule has 0 aliphatic carbocycles. The lowest BCUT2D eigenvalue weighted by Gasteiger charge is -2.22. The lowest BCUT2D eigenvalue weighted by Crippen LogP contribution is -2.52. The van der Waals surface area contributed by atoms with Crippen LogP contribution >= 0.6 is 0 Å². The summed E-state index contributed by atoms with van der Waals surface area (Å²) in [5, 5.41) is 29.3. The van der Waals surface area contributed by atoms with E-state index in [0.29, 0.717) is 13.0 Å². The summed E-state index contributed by atoms with van der Waals surface area (Å²) in [6, 6.07) is -1.91. The third-order valence-corrected chi connectivity index (χ3v) is 2.48. The molecule has 92 valence electrons. The number of carbonyl (C=O) groups excluding carboxylic acids is 1. The number of hydrogen-bond acceptors (Lipinski definition) is 4. The molecule has 1 heterocycles. The minimum atomic E-state index is -1.33. The van der Waals surface area contributed by atoms with Crippen molar-refractivity contribution < 1.29 is 24.9 Å². The largest absolute Gasteiger partial charge is 0.480 e. The van der Waals surface area contributed by atoms with Gasteiger partial charge in [-0.05, 0) is 13.3 Å². The van der Waals surface area contributed by atoms with Gasteiger partial charge in [0.05, 0.1) is 12.2 Å². The van der Waals surface area contributed by atoms with E-state index in [0.717, 1.165) is 0 Å². The summed E-state index contributed by atoms with van der Waals surface area (Å²) in [4.78, 5) is 23.6. The Labute approximate surface area is 92.7 Å². The minimum Gasteiger partial charge on any atom is -0.480 e. The molecule has 0 aromatic heterocycles. The summed E-state index contributed by atoms with van der Waals surface area (Å²) in [5.74, 6) is -1.29. The van der Waals surface area contributed by atoms with Gasteiger partial charge in [-0.25, -0.2) is 9.59 Å². The highest BCUT2D eigenvalue weighted by Crippen LogP contribution is 2.09. The average molecular weight is 232 g/mol. The molecule has 1 unspecified atom stereocenters. The maximum Gasteiger partial charge on any atom is 0.328 e. The van der Waals surface area contributed by atoms with Crippen molar-refractivity contribution in [1.29, 1.82) is 0 Å². The van der Waals surface area contributed by atoms with Crippen LogP contribution < -0.4 is 5.32 Å². The van der Waals surface area contributed by atoms with Crippen LogP contribution in [-0.4, -0.2) is 63.6 Å². The van der Waals surface area contributed by atoms with E-state index in [-0.39, 0.29) is 6.54 Å². The molecular weight excluding hydrogens is 216 g/mol. The summed E-state index contributed by atoms with van der Waals surface area (Å²) >= 11 is 0. The molecule has 1 rings (SSSR count). The van der Waals surface area contributed by atoms with Crippen molar-refractivity contribution in [3.05, 3.63) is 0 Å². The van der Waals surface area contributed by atoms with Gasteiger partial charge in [0.1, 0.15) is 0 Å². The number of nitrogens with one attached hydrogen (secondary N) is 1. The molecule has 0 radical (unpaired) electrons. The Morgan fingerprint density at radius 2 is 2.12 bits per heavy atom. The number of aliphatic hydroxyl groups excluding tert-OH is 2. The molecule has 0 aromatic rings. The molecular formula is C9H16N2O5. The number of amides is 2. The predicted octanol–water partition coefficient (Wildman–Crippen LogP) is -1.40. The molecule has 0 saturated carbocycles. The lowest BCUT2D eigenvalue weighted by molar-refractivity contribution is -0.141. The van der Waals surface area contributed by atoms with Crippen molar-refractivity contribution in [3.63, 3.8) is 0 Å². The quantitative estimate of drug-likeness (QED) is 0.478. The summed E-state index contributed by atoms with van der Waals surface area (Å²) in [7, 11) is 0. The monoisotopic (exact) mass is 232 g/mol. The number of likely N-dealkylation sites (tertiary alicyclic amines) is 1. The third kappa shape index (κ3) is 3.07. The van der Waals surface area contributed by atoms with Crippen LogP contribution in [0.3, 0.4) is 0 Å². The zero-order valence-corrected chi connectivity index (χ0v) is 8.96. The summed E-state index contributed by atoms with van der Waals surface area (Å²) in [6.07, 6.45) is -1.24. The van der Waals surface area contributed by atoms with E-state index in [4.69, 9.17) is 10.2 Å². The highest BCUT2D eigenvalue weighted by Gasteiger charge is 2.30. The molecule has 4 N–H and O–H groups in total. The highest BCUT2D eigenvalue weighted by atomic mass is 16.4. The second-order valence-corrected chi connectivity index (χ2v) is 3.89. The number of carboxylic acids is 1. The minimum absolute atomic E-state index is 0.192. The number of carbonyl (C=O) groups is 2. The maximum atomic E-state index is 11.5. The SMILES string of the molecule is C[C@@H](O)[C@H](NC(=O)N1CCC(O)C1)C(=O)O. The van der Waals surface area contributed by atoms with E-state index in [1.165, 1.54) is 11.8 Å². The van der Waals surface area contributed by atoms with Gasteiger partial charge >= 0.3 is 12.0 Å². The van der Waals surface area contributed by atoms with Crippen molar-refractivity contribution in [2.24, 2.45) is 0 Å². The number of carboxylic acid groups (broad SMARTS) is 1. The molecule has 2 amide bonds. The molecule has 1 saturated heterocycles. The number of urea groups is 1. The smallest absolute Gasteiger partial charge is 0.328 e. The highest BCUT2D eigenvalue weighted by molar-refractivity contribution is 5.83. The molecule has 0 bridgehead atoms. The Kier molecular flexibility index (Phi) is 4.08. The number of nitrogens with zero attached hydrogens (tertiary/aromatic N) is 1. The summed E-state index contributed by atoms with van der Waals surface area (Å²) in [5.41, 5.74) is 0. The molecule has 0 aromatic carbocycles. The van der Waals surface area contributed by atoms with Crippen molar-refractivity contribution in [3.8, 4) is 0 Å². The van der Waals surface area contributed by atoms with Gasteiger partial charge in [0, 0.05) is 13.1 Å². The molecule has 7 heteroatoms. The topological polar surface area (TPSA) is 110 Å². The van der Waals surface area contributed by atoms with Gasteiger partial charge in [0.15, 0.2) is 6.04 Å². The number of β-amino-alcohol motifs (C(OH)–C–C–N with tert-alkyl or cyclic N) is 1. The van der Waals surface area contributed by atoms with Crippen molar-refractivity contribution in [1.82, 2.24) is 10.2 Å². The zero-order chi connectivity index (χ0) is 12.3.